The van der Waals surface area contributed by atoms with Crippen molar-refractivity contribution in [1.29, 1.82) is 0 Å². The zero-order chi connectivity index (χ0) is 15.9. The van der Waals surface area contributed by atoms with Gasteiger partial charge in [-0.1, -0.05) is 6.92 Å². The number of amides is 1. The number of carbonyl (C=O) groups excluding carboxylic acids is 1. The molecule has 2 rings (SSSR count). The average molecular weight is 304 g/mol. The Morgan fingerprint density at radius 2 is 1.91 bits per heavy atom. The van der Waals surface area contributed by atoms with E-state index in [2.05, 4.69) is 12.2 Å². The molecule has 1 aliphatic rings. The lowest BCUT2D eigenvalue weighted by atomic mass is 9.99. The van der Waals surface area contributed by atoms with Crippen molar-refractivity contribution in [3.8, 4) is 5.75 Å². The number of rotatable bonds is 6. The van der Waals surface area contributed by atoms with Crippen molar-refractivity contribution >= 4 is 11.6 Å². The number of hydrogen-bond acceptors (Lipinski definition) is 3. The Morgan fingerprint density at radius 3 is 2.50 bits per heavy atom. The first-order chi connectivity index (χ1) is 10.5. The van der Waals surface area contributed by atoms with E-state index in [0.717, 1.165) is 43.3 Å². The molecule has 0 atom stereocenters. The van der Waals surface area contributed by atoms with E-state index in [1.807, 2.05) is 43.0 Å². The van der Waals surface area contributed by atoms with Gasteiger partial charge in [0.1, 0.15) is 5.75 Å². The van der Waals surface area contributed by atoms with E-state index in [-0.39, 0.29) is 12.0 Å². The summed E-state index contributed by atoms with van der Waals surface area (Å²) in [7, 11) is 0. The molecule has 0 unspecified atom stereocenters. The number of nitrogens with one attached hydrogen (secondary N) is 1. The summed E-state index contributed by atoms with van der Waals surface area (Å²) in [5.74, 6) is 1.90. The van der Waals surface area contributed by atoms with Gasteiger partial charge in [-0.25, -0.2) is 0 Å². The average Bonchev–Trinajstić information content (AvgIpc) is 2.49. The van der Waals surface area contributed by atoms with E-state index < -0.39 is 0 Å². The second-order valence-corrected chi connectivity index (χ2v) is 6.43. The second kappa shape index (κ2) is 8.06. The minimum atomic E-state index is 0.184. The molecule has 22 heavy (non-hydrogen) atoms. The smallest absolute Gasteiger partial charge is 0.224 e. The van der Waals surface area contributed by atoms with Gasteiger partial charge in [0.15, 0.2) is 0 Å². The summed E-state index contributed by atoms with van der Waals surface area (Å²) in [4.78, 5) is 14.1. The van der Waals surface area contributed by atoms with E-state index in [1.54, 1.807) is 0 Å². The van der Waals surface area contributed by atoms with Crippen LogP contribution in [0.5, 0.6) is 5.75 Å². The molecule has 1 N–H and O–H groups in total. The van der Waals surface area contributed by atoms with Gasteiger partial charge in [0.25, 0.3) is 0 Å². The van der Waals surface area contributed by atoms with Gasteiger partial charge in [-0.2, -0.15) is 0 Å². The highest BCUT2D eigenvalue weighted by Crippen LogP contribution is 2.18. The Kier molecular flexibility index (Phi) is 6.10. The Balaban J connectivity index is 1.70. The van der Waals surface area contributed by atoms with Crippen molar-refractivity contribution in [3.63, 3.8) is 0 Å². The number of carbonyl (C=O) groups is 1. The number of benzene rings is 1. The van der Waals surface area contributed by atoms with Crippen LogP contribution in [0.1, 0.15) is 40.0 Å². The minimum Gasteiger partial charge on any atom is -0.491 e. The normalized spacial score (nSPS) is 15.9. The fourth-order valence-corrected chi connectivity index (χ4v) is 2.65. The fourth-order valence-electron chi connectivity index (χ4n) is 2.65. The predicted octanol–water partition coefficient (Wildman–Crippen LogP) is 3.53. The summed E-state index contributed by atoms with van der Waals surface area (Å²) in [6.45, 7) is 8.80. The van der Waals surface area contributed by atoms with Crippen LogP contribution in [0.4, 0.5) is 5.69 Å². The largest absolute Gasteiger partial charge is 0.491 e. The predicted molar refractivity (Wildman–Crippen MR) is 90.3 cm³/mol. The van der Waals surface area contributed by atoms with Crippen LogP contribution in [0.15, 0.2) is 24.3 Å². The Labute approximate surface area is 133 Å². The van der Waals surface area contributed by atoms with Crippen LogP contribution >= 0.6 is 0 Å². The molecule has 1 fully saturated rings. The van der Waals surface area contributed by atoms with Gasteiger partial charge in [0.2, 0.25) is 5.91 Å². The maximum Gasteiger partial charge on any atom is 0.224 e. The molecule has 1 aliphatic heterocycles. The molecular formula is C18H28N2O2. The summed E-state index contributed by atoms with van der Waals surface area (Å²) in [5.41, 5.74) is 1.02. The van der Waals surface area contributed by atoms with Crippen LogP contribution < -0.4 is 10.1 Å². The highest BCUT2D eigenvalue weighted by atomic mass is 16.5. The molecule has 0 aromatic heterocycles. The third kappa shape index (κ3) is 5.24. The van der Waals surface area contributed by atoms with Crippen LogP contribution in [0.25, 0.3) is 0 Å². The molecule has 122 valence electrons. The van der Waals surface area contributed by atoms with E-state index >= 15 is 0 Å². The van der Waals surface area contributed by atoms with Gasteiger partial charge in [0, 0.05) is 31.7 Å². The molecule has 0 saturated carbocycles. The van der Waals surface area contributed by atoms with Crippen LogP contribution in [-0.2, 0) is 4.79 Å². The molecule has 1 saturated heterocycles. The van der Waals surface area contributed by atoms with Crippen molar-refractivity contribution in [2.75, 3.05) is 25.0 Å². The number of anilines is 1. The molecule has 0 radical (unpaired) electrons. The molecule has 1 heterocycles. The summed E-state index contributed by atoms with van der Waals surface area (Å²) >= 11 is 0. The third-order valence-corrected chi connectivity index (χ3v) is 4.03. The van der Waals surface area contributed by atoms with E-state index in [0.29, 0.717) is 13.0 Å². The standard InChI is InChI=1S/C18H28N2O2/c1-14(2)22-17-6-4-16(5-7-17)19-11-8-18(21)20-12-9-15(3)10-13-20/h4-7,14-15,19H,8-13H2,1-3H3. The van der Waals surface area contributed by atoms with Crippen LogP contribution in [0.3, 0.4) is 0 Å². The maximum absolute atomic E-state index is 12.1. The zero-order valence-corrected chi connectivity index (χ0v) is 14.0. The van der Waals surface area contributed by atoms with Gasteiger partial charge in [-0.15, -0.1) is 0 Å². The van der Waals surface area contributed by atoms with E-state index in [9.17, 15) is 4.79 Å². The zero-order valence-electron chi connectivity index (χ0n) is 14.0. The molecule has 1 amide bonds. The Bertz CT molecular complexity index is 462. The molecule has 4 heteroatoms. The first kappa shape index (κ1) is 16.7. The van der Waals surface area contributed by atoms with Crippen molar-refractivity contribution < 1.29 is 9.53 Å². The summed E-state index contributed by atoms with van der Waals surface area (Å²) in [6.07, 6.45) is 3.01. The Morgan fingerprint density at radius 1 is 1.27 bits per heavy atom. The van der Waals surface area contributed by atoms with Crippen molar-refractivity contribution in [1.82, 2.24) is 4.90 Å². The molecule has 1 aromatic rings. The lowest BCUT2D eigenvalue weighted by Crippen LogP contribution is -2.38. The Hall–Kier alpha value is -1.71. The molecule has 1 aromatic carbocycles. The summed E-state index contributed by atoms with van der Waals surface area (Å²) in [6, 6.07) is 7.89. The number of ether oxygens (including phenoxy) is 1. The second-order valence-electron chi connectivity index (χ2n) is 6.43. The summed E-state index contributed by atoms with van der Waals surface area (Å²) < 4.78 is 5.61. The molecule has 0 bridgehead atoms. The first-order valence-electron chi connectivity index (χ1n) is 8.33. The molecule has 4 nitrogen and oxygen atoms in total. The van der Waals surface area contributed by atoms with E-state index in [4.69, 9.17) is 4.74 Å². The van der Waals surface area contributed by atoms with E-state index in [1.165, 1.54) is 0 Å². The first-order valence-corrected chi connectivity index (χ1v) is 8.33. The van der Waals surface area contributed by atoms with Crippen LogP contribution in [0, 0.1) is 5.92 Å². The lowest BCUT2D eigenvalue weighted by Gasteiger charge is -2.30. The molecular weight excluding hydrogens is 276 g/mol. The number of piperidine rings is 1. The van der Waals surface area contributed by atoms with Gasteiger partial charge in [-0.05, 0) is 56.9 Å². The van der Waals surface area contributed by atoms with Crippen molar-refractivity contribution in [3.05, 3.63) is 24.3 Å². The SMILES string of the molecule is CC1CCN(C(=O)CCNc2ccc(OC(C)C)cc2)CC1. The van der Waals surface area contributed by atoms with Crippen LogP contribution in [0.2, 0.25) is 0 Å². The number of nitrogens with zero attached hydrogens (tertiary/aromatic N) is 1. The van der Waals surface area contributed by atoms with Gasteiger partial charge < -0.3 is 15.0 Å². The van der Waals surface area contributed by atoms with Gasteiger partial charge in [0.05, 0.1) is 6.10 Å². The number of likely N-dealkylation sites (tertiary alicyclic amines) is 1. The van der Waals surface area contributed by atoms with Crippen LogP contribution in [-0.4, -0.2) is 36.5 Å². The lowest BCUT2D eigenvalue weighted by molar-refractivity contribution is -0.132. The third-order valence-electron chi connectivity index (χ3n) is 4.03. The van der Waals surface area contributed by atoms with Gasteiger partial charge >= 0.3 is 0 Å². The highest BCUT2D eigenvalue weighted by Gasteiger charge is 2.19. The minimum absolute atomic E-state index is 0.184. The highest BCUT2D eigenvalue weighted by molar-refractivity contribution is 5.76. The summed E-state index contributed by atoms with van der Waals surface area (Å²) in [5, 5.41) is 3.30. The van der Waals surface area contributed by atoms with Gasteiger partial charge in [-0.3, -0.25) is 4.79 Å². The van der Waals surface area contributed by atoms with Crippen molar-refractivity contribution in [2.24, 2.45) is 5.92 Å². The quantitative estimate of drug-likeness (QED) is 0.874. The maximum atomic E-state index is 12.1. The topological polar surface area (TPSA) is 41.6 Å². The van der Waals surface area contributed by atoms with Crippen molar-refractivity contribution in [2.45, 2.75) is 46.1 Å². The fraction of sp³-hybridized carbons (Fsp3) is 0.611. The molecule has 0 aliphatic carbocycles. The monoisotopic (exact) mass is 304 g/mol. The number of hydrogen-bond donors (Lipinski definition) is 1. The molecule has 0 spiro atoms.